The predicted octanol–water partition coefficient (Wildman–Crippen LogP) is 2.45. The van der Waals surface area contributed by atoms with Gasteiger partial charge in [-0.25, -0.2) is 0 Å². The Morgan fingerprint density at radius 1 is 1.38 bits per heavy atom. The molecule has 1 aliphatic carbocycles. The number of hydrogen-bond acceptors (Lipinski definition) is 3. The van der Waals surface area contributed by atoms with E-state index in [2.05, 4.69) is 17.1 Å². The third-order valence-electron chi connectivity index (χ3n) is 4.22. The highest BCUT2D eigenvalue weighted by atomic mass is 16.4. The molecule has 2 rings (SSSR count). The van der Waals surface area contributed by atoms with Crippen LogP contribution in [0, 0.1) is 0 Å². The summed E-state index contributed by atoms with van der Waals surface area (Å²) in [5, 5.41) is 12.4. The molecule has 4 heteroatoms. The summed E-state index contributed by atoms with van der Waals surface area (Å²) in [5.74, 6) is -1.22. The molecule has 1 atom stereocenters. The van der Waals surface area contributed by atoms with E-state index >= 15 is 0 Å². The van der Waals surface area contributed by atoms with E-state index < -0.39 is 11.9 Å². The zero-order valence-electron chi connectivity index (χ0n) is 13.0. The van der Waals surface area contributed by atoms with Crippen molar-refractivity contribution in [1.82, 2.24) is 10.2 Å². The van der Waals surface area contributed by atoms with Crippen LogP contribution in [0.2, 0.25) is 0 Å². The molecule has 1 unspecified atom stereocenters. The Labute approximate surface area is 127 Å². The van der Waals surface area contributed by atoms with Gasteiger partial charge in [-0.1, -0.05) is 31.2 Å². The van der Waals surface area contributed by atoms with Gasteiger partial charge in [0.15, 0.2) is 0 Å². The second-order valence-electron chi connectivity index (χ2n) is 5.84. The van der Waals surface area contributed by atoms with Crippen LogP contribution in [-0.4, -0.2) is 41.7 Å². The number of hydrogen-bond donors (Lipinski definition) is 2. The molecule has 2 N–H and O–H groups in total. The predicted molar refractivity (Wildman–Crippen MR) is 84.5 cm³/mol. The first-order chi connectivity index (χ1) is 10.1. The van der Waals surface area contributed by atoms with Crippen molar-refractivity contribution in [3.05, 3.63) is 35.4 Å². The minimum absolute atomic E-state index is 0.441. The second kappa shape index (κ2) is 7.57. The number of aliphatic carboxylic acids is 1. The first-order valence-electron chi connectivity index (χ1n) is 7.88. The zero-order chi connectivity index (χ0) is 15.2. The molecule has 21 heavy (non-hydrogen) atoms. The van der Waals surface area contributed by atoms with Crippen LogP contribution in [0.3, 0.4) is 0 Å². The largest absolute Gasteiger partial charge is 0.481 e. The molecule has 1 aromatic rings. The number of nitrogens with one attached hydrogen (secondary N) is 1. The third-order valence-corrected chi connectivity index (χ3v) is 4.22. The monoisotopic (exact) mass is 290 g/mol. The van der Waals surface area contributed by atoms with Crippen LogP contribution in [0.25, 0.3) is 0 Å². The highest BCUT2D eigenvalue weighted by Crippen LogP contribution is 2.25. The van der Waals surface area contributed by atoms with E-state index in [-0.39, 0.29) is 0 Å². The average Bonchev–Trinajstić information content (AvgIpc) is 3.32. The van der Waals surface area contributed by atoms with E-state index in [9.17, 15) is 4.79 Å². The minimum Gasteiger partial charge on any atom is -0.481 e. The van der Waals surface area contributed by atoms with Crippen LogP contribution in [0.15, 0.2) is 24.3 Å². The maximum Gasteiger partial charge on any atom is 0.310 e. The Hall–Kier alpha value is -1.39. The molecular formula is C17H26N2O2. The van der Waals surface area contributed by atoms with Crippen molar-refractivity contribution in [3.63, 3.8) is 0 Å². The molecule has 1 fully saturated rings. The molecule has 0 heterocycles. The topological polar surface area (TPSA) is 52.6 Å². The number of likely N-dealkylation sites (N-methyl/N-ethyl adjacent to an activating group) is 1. The third kappa shape index (κ3) is 4.83. The summed E-state index contributed by atoms with van der Waals surface area (Å²) in [6.07, 6.45) is 2.72. The SMILES string of the molecule is CCN(CCNCc1ccc(C(C)C(=O)O)cc1)C1CC1. The van der Waals surface area contributed by atoms with Crippen molar-refractivity contribution in [1.29, 1.82) is 0 Å². The molecule has 0 aliphatic heterocycles. The smallest absolute Gasteiger partial charge is 0.310 e. The maximum atomic E-state index is 10.9. The Morgan fingerprint density at radius 3 is 2.57 bits per heavy atom. The number of carboxylic acid groups (broad SMARTS) is 1. The van der Waals surface area contributed by atoms with Gasteiger partial charge in [-0.3, -0.25) is 9.69 Å². The fourth-order valence-electron chi connectivity index (χ4n) is 2.56. The molecule has 4 nitrogen and oxygen atoms in total. The summed E-state index contributed by atoms with van der Waals surface area (Å²) < 4.78 is 0. The number of carbonyl (C=O) groups is 1. The molecular weight excluding hydrogens is 264 g/mol. The van der Waals surface area contributed by atoms with Crippen LogP contribution < -0.4 is 5.32 Å². The molecule has 116 valence electrons. The van der Waals surface area contributed by atoms with Crippen molar-refractivity contribution in [2.45, 2.75) is 45.2 Å². The minimum atomic E-state index is -0.777. The molecule has 0 saturated heterocycles. The van der Waals surface area contributed by atoms with E-state index in [1.54, 1.807) is 6.92 Å². The normalized spacial score (nSPS) is 16.1. The average molecular weight is 290 g/mol. The van der Waals surface area contributed by atoms with Gasteiger partial charge in [0, 0.05) is 25.7 Å². The zero-order valence-corrected chi connectivity index (χ0v) is 13.0. The fraction of sp³-hybridized carbons (Fsp3) is 0.588. The molecule has 1 saturated carbocycles. The van der Waals surface area contributed by atoms with E-state index in [0.29, 0.717) is 0 Å². The lowest BCUT2D eigenvalue weighted by atomic mass is 10.0. The molecule has 0 amide bonds. The lowest BCUT2D eigenvalue weighted by Gasteiger charge is -2.19. The molecule has 0 bridgehead atoms. The molecule has 0 aromatic heterocycles. The summed E-state index contributed by atoms with van der Waals surface area (Å²) in [4.78, 5) is 13.5. The first-order valence-corrected chi connectivity index (χ1v) is 7.88. The fourth-order valence-corrected chi connectivity index (χ4v) is 2.56. The lowest BCUT2D eigenvalue weighted by molar-refractivity contribution is -0.138. The quantitative estimate of drug-likeness (QED) is 0.686. The van der Waals surface area contributed by atoms with Crippen molar-refractivity contribution in [2.24, 2.45) is 0 Å². The van der Waals surface area contributed by atoms with Gasteiger partial charge in [0.2, 0.25) is 0 Å². The van der Waals surface area contributed by atoms with Crippen LogP contribution in [0.5, 0.6) is 0 Å². The van der Waals surface area contributed by atoms with Crippen molar-refractivity contribution < 1.29 is 9.90 Å². The molecule has 1 aliphatic rings. The molecule has 1 aromatic carbocycles. The Balaban J connectivity index is 1.72. The Kier molecular flexibility index (Phi) is 5.76. The van der Waals surface area contributed by atoms with Gasteiger partial charge in [-0.15, -0.1) is 0 Å². The summed E-state index contributed by atoms with van der Waals surface area (Å²) in [6, 6.07) is 8.69. The highest BCUT2D eigenvalue weighted by molar-refractivity contribution is 5.75. The van der Waals surface area contributed by atoms with Gasteiger partial charge in [-0.05, 0) is 37.4 Å². The molecule has 0 spiro atoms. The standard InChI is InChI=1S/C17H26N2O2/c1-3-19(16-8-9-16)11-10-18-12-14-4-6-15(7-5-14)13(2)17(20)21/h4-7,13,16,18H,3,8-12H2,1-2H3,(H,20,21). The van der Waals surface area contributed by atoms with Crippen molar-refractivity contribution in [3.8, 4) is 0 Å². The van der Waals surface area contributed by atoms with Crippen LogP contribution in [0.1, 0.15) is 43.7 Å². The number of benzene rings is 1. The van der Waals surface area contributed by atoms with E-state index in [1.165, 1.54) is 18.4 Å². The van der Waals surface area contributed by atoms with Crippen LogP contribution in [-0.2, 0) is 11.3 Å². The van der Waals surface area contributed by atoms with Crippen LogP contribution >= 0.6 is 0 Å². The summed E-state index contributed by atoms with van der Waals surface area (Å²) >= 11 is 0. The maximum absolute atomic E-state index is 10.9. The van der Waals surface area contributed by atoms with Gasteiger partial charge >= 0.3 is 5.97 Å². The Morgan fingerprint density at radius 2 is 2.05 bits per heavy atom. The first kappa shape index (κ1) is 16.0. The van der Waals surface area contributed by atoms with Crippen molar-refractivity contribution >= 4 is 5.97 Å². The lowest BCUT2D eigenvalue weighted by Crippen LogP contribution is -2.33. The van der Waals surface area contributed by atoms with Gasteiger partial charge < -0.3 is 10.4 Å². The van der Waals surface area contributed by atoms with Crippen LogP contribution in [0.4, 0.5) is 0 Å². The number of nitrogens with zero attached hydrogens (tertiary/aromatic N) is 1. The van der Waals surface area contributed by atoms with E-state index in [0.717, 1.165) is 37.8 Å². The van der Waals surface area contributed by atoms with E-state index in [1.807, 2.05) is 24.3 Å². The summed E-state index contributed by atoms with van der Waals surface area (Å²) in [6.45, 7) is 8.01. The van der Waals surface area contributed by atoms with Gasteiger partial charge in [0.1, 0.15) is 0 Å². The Bertz CT molecular complexity index is 454. The van der Waals surface area contributed by atoms with Gasteiger partial charge in [0.25, 0.3) is 0 Å². The molecule has 0 radical (unpaired) electrons. The number of rotatable bonds is 9. The van der Waals surface area contributed by atoms with Gasteiger partial charge in [0.05, 0.1) is 5.92 Å². The van der Waals surface area contributed by atoms with E-state index in [4.69, 9.17) is 5.11 Å². The summed E-state index contributed by atoms with van der Waals surface area (Å²) in [7, 11) is 0. The summed E-state index contributed by atoms with van der Waals surface area (Å²) in [5.41, 5.74) is 2.06. The van der Waals surface area contributed by atoms with Crippen molar-refractivity contribution in [2.75, 3.05) is 19.6 Å². The highest BCUT2D eigenvalue weighted by Gasteiger charge is 2.26. The number of carboxylic acids is 1. The second-order valence-corrected chi connectivity index (χ2v) is 5.84. The van der Waals surface area contributed by atoms with Gasteiger partial charge in [-0.2, -0.15) is 0 Å².